The monoisotopic (exact) mass is 311 g/mol. The maximum absolute atomic E-state index is 12.1. The number of rotatable bonds is 4. The lowest BCUT2D eigenvalue weighted by Crippen LogP contribution is -2.33. The molecule has 0 aromatic carbocycles. The molecule has 6 nitrogen and oxygen atoms in total. The summed E-state index contributed by atoms with van der Waals surface area (Å²) in [6, 6.07) is 1.16. The SMILES string of the molecule is CC1CCCCC1CNC(=O)c1cc([N+](=O)[O-])cnc1Cl. The van der Waals surface area contributed by atoms with Crippen LogP contribution in [0, 0.1) is 22.0 Å². The van der Waals surface area contributed by atoms with Gasteiger partial charge in [-0.25, -0.2) is 4.98 Å². The molecule has 7 heteroatoms. The molecule has 114 valence electrons. The lowest BCUT2D eigenvalue weighted by Gasteiger charge is -2.28. The Morgan fingerprint density at radius 3 is 2.90 bits per heavy atom. The summed E-state index contributed by atoms with van der Waals surface area (Å²) in [6.45, 7) is 2.76. The highest BCUT2D eigenvalue weighted by atomic mass is 35.5. The molecule has 2 unspecified atom stereocenters. The number of hydrogen-bond acceptors (Lipinski definition) is 4. The van der Waals surface area contributed by atoms with Crippen molar-refractivity contribution in [3.8, 4) is 0 Å². The minimum Gasteiger partial charge on any atom is -0.352 e. The molecule has 2 rings (SSSR count). The normalized spacial score (nSPS) is 21.8. The molecule has 1 saturated carbocycles. The molecule has 0 aliphatic heterocycles. The van der Waals surface area contributed by atoms with Crippen molar-refractivity contribution in [3.05, 3.63) is 33.1 Å². The molecule has 1 fully saturated rings. The van der Waals surface area contributed by atoms with Crippen LogP contribution in [0.15, 0.2) is 12.3 Å². The highest BCUT2D eigenvalue weighted by molar-refractivity contribution is 6.32. The van der Waals surface area contributed by atoms with Gasteiger partial charge in [-0.2, -0.15) is 0 Å². The van der Waals surface area contributed by atoms with Crippen molar-refractivity contribution >= 4 is 23.2 Å². The molecule has 1 amide bonds. The number of aromatic nitrogens is 1. The van der Waals surface area contributed by atoms with E-state index < -0.39 is 10.8 Å². The van der Waals surface area contributed by atoms with Gasteiger partial charge < -0.3 is 5.32 Å². The van der Waals surface area contributed by atoms with Gasteiger partial charge in [-0.3, -0.25) is 14.9 Å². The summed E-state index contributed by atoms with van der Waals surface area (Å²) in [6.07, 6.45) is 5.75. The van der Waals surface area contributed by atoms with Gasteiger partial charge in [0.15, 0.2) is 0 Å². The van der Waals surface area contributed by atoms with Crippen molar-refractivity contribution in [1.82, 2.24) is 10.3 Å². The van der Waals surface area contributed by atoms with E-state index in [4.69, 9.17) is 11.6 Å². The highest BCUT2D eigenvalue weighted by Gasteiger charge is 2.23. The first kappa shape index (κ1) is 15.7. The van der Waals surface area contributed by atoms with Gasteiger partial charge in [-0.1, -0.05) is 37.8 Å². The van der Waals surface area contributed by atoms with Gasteiger partial charge in [0.05, 0.1) is 10.5 Å². The fourth-order valence-electron chi connectivity index (χ4n) is 2.71. The molecule has 0 bridgehead atoms. The van der Waals surface area contributed by atoms with Gasteiger partial charge in [0.1, 0.15) is 11.3 Å². The highest BCUT2D eigenvalue weighted by Crippen LogP contribution is 2.29. The molecule has 1 aliphatic rings. The third-order valence-electron chi connectivity index (χ3n) is 4.09. The van der Waals surface area contributed by atoms with E-state index in [1.807, 2.05) is 0 Å². The summed E-state index contributed by atoms with van der Waals surface area (Å²) in [5, 5.41) is 13.5. The van der Waals surface area contributed by atoms with Crippen LogP contribution in [0.4, 0.5) is 5.69 Å². The van der Waals surface area contributed by atoms with Crippen LogP contribution < -0.4 is 5.32 Å². The molecule has 21 heavy (non-hydrogen) atoms. The third-order valence-corrected chi connectivity index (χ3v) is 4.40. The predicted octanol–water partition coefficient (Wildman–Crippen LogP) is 3.20. The Balaban J connectivity index is 2.02. The number of carbonyl (C=O) groups is 1. The van der Waals surface area contributed by atoms with Crippen LogP contribution >= 0.6 is 11.6 Å². The molecule has 1 aromatic rings. The third kappa shape index (κ3) is 3.91. The first-order valence-corrected chi connectivity index (χ1v) is 7.45. The molecule has 0 saturated heterocycles. The second-order valence-corrected chi connectivity index (χ2v) is 5.88. The zero-order valence-electron chi connectivity index (χ0n) is 11.8. The van der Waals surface area contributed by atoms with Gasteiger partial charge in [-0.05, 0) is 18.3 Å². The Hall–Kier alpha value is -1.69. The summed E-state index contributed by atoms with van der Waals surface area (Å²) in [7, 11) is 0. The second kappa shape index (κ2) is 6.85. The Bertz CT molecular complexity index is 550. The number of nitrogens with one attached hydrogen (secondary N) is 1. The molecule has 2 atom stereocenters. The fourth-order valence-corrected chi connectivity index (χ4v) is 2.90. The summed E-state index contributed by atoms with van der Waals surface area (Å²) in [5.41, 5.74) is -0.190. The number of carbonyl (C=O) groups excluding carboxylic acids is 1. The van der Waals surface area contributed by atoms with Gasteiger partial charge in [0, 0.05) is 12.6 Å². The lowest BCUT2D eigenvalue weighted by molar-refractivity contribution is -0.385. The molecule has 1 aromatic heterocycles. The van der Waals surface area contributed by atoms with Crippen LogP contribution in [-0.2, 0) is 0 Å². The molecule has 0 spiro atoms. The van der Waals surface area contributed by atoms with Gasteiger partial charge >= 0.3 is 0 Å². The van der Waals surface area contributed by atoms with Crippen LogP contribution in [0.1, 0.15) is 43.0 Å². The minimum atomic E-state index is -0.594. The largest absolute Gasteiger partial charge is 0.352 e. The molecule has 1 aliphatic carbocycles. The Morgan fingerprint density at radius 2 is 2.24 bits per heavy atom. The Morgan fingerprint density at radius 1 is 1.52 bits per heavy atom. The van der Waals surface area contributed by atoms with Crippen LogP contribution in [0.25, 0.3) is 0 Å². The fraction of sp³-hybridized carbons (Fsp3) is 0.571. The quantitative estimate of drug-likeness (QED) is 0.525. The number of nitrogens with zero attached hydrogens (tertiary/aromatic N) is 2. The predicted molar refractivity (Wildman–Crippen MR) is 79.4 cm³/mol. The molecule has 0 radical (unpaired) electrons. The molecular weight excluding hydrogens is 294 g/mol. The maximum Gasteiger partial charge on any atom is 0.288 e. The number of halogens is 1. The second-order valence-electron chi connectivity index (χ2n) is 5.52. The number of nitro groups is 1. The Kier molecular flexibility index (Phi) is 5.12. The van der Waals surface area contributed by atoms with Crippen molar-refractivity contribution in [2.45, 2.75) is 32.6 Å². The zero-order valence-corrected chi connectivity index (χ0v) is 12.6. The maximum atomic E-state index is 12.1. The molecule has 1 N–H and O–H groups in total. The van der Waals surface area contributed by atoms with Gasteiger partial charge in [0.2, 0.25) is 0 Å². The summed E-state index contributed by atoms with van der Waals surface area (Å²) in [5.74, 6) is 0.625. The summed E-state index contributed by atoms with van der Waals surface area (Å²) >= 11 is 5.85. The molecule has 1 heterocycles. The summed E-state index contributed by atoms with van der Waals surface area (Å²) < 4.78 is 0. The van der Waals surface area contributed by atoms with Crippen LogP contribution in [0.2, 0.25) is 5.15 Å². The van der Waals surface area contributed by atoms with E-state index in [9.17, 15) is 14.9 Å². The van der Waals surface area contributed by atoms with Crippen molar-refractivity contribution in [2.75, 3.05) is 6.54 Å². The minimum absolute atomic E-state index is 0.0187. The van der Waals surface area contributed by atoms with Crippen LogP contribution in [0.5, 0.6) is 0 Å². The average molecular weight is 312 g/mol. The van der Waals surface area contributed by atoms with Crippen molar-refractivity contribution in [3.63, 3.8) is 0 Å². The van der Waals surface area contributed by atoms with E-state index in [-0.39, 0.29) is 16.4 Å². The zero-order chi connectivity index (χ0) is 15.4. The first-order valence-electron chi connectivity index (χ1n) is 7.07. The van der Waals surface area contributed by atoms with Gasteiger partial charge in [0.25, 0.3) is 11.6 Å². The smallest absolute Gasteiger partial charge is 0.288 e. The van der Waals surface area contributed by atoms with Crippen molar-refractivity contribution in [1.29, 1.82) is 0 Å². The topological polar surface area (TPSA) is 85.1 Å². The Labute approximate surface area is 128 Å². The first-order chi connectivity index (χ1) is 9.99. The van der Waals surface area contributed by atoms with E-state index in [0.717, 1.165) is 18.7 Å². The van der Waals surface area contributed by atoms with Crippen molar-refractivity contribution < 1.29 is 9.72 Å². The van der Waals surface area contributed by atoms with E-state index in [2.05, 4.69) is 17.2 Å². The number of hydrogen-bond donors (Lipinski definition) is 1. The number of pyridine rings is 1. The van der Waals surface area contributed by atoms with Crippen molar-refractivity contribution in [2.24, 2.45) is 11.8 Å². The number of amides is 1. The van der Waals surface area contributed by atoms with E-state index in [1.54, 1.807) is 0 Å². The van der Waals surface area contributed by atoms with Crippen LogP contribution in [-0.4, -0.2) is 22.4 Å². The van der Waals surface area contributed by atoms with E-state index >= 15 is 0 Å². The average Bonchev–Trinajstić information content (AvgIpc) is 2.46. The van der Waals surface area contributed by atoms with Gasteiger partial charge in [-0.15, -0.1) is 0 Å². The standard InChI is InChI=1S/C14H18ClN3O3/c1-9-4-2-3-5-10(9)7-17-14(19)12-6-11(18(20)21)8-16-13(12)15/h6,8-10H,2-5,7H2,1H3,(H,17,19). The molecular formula is C14H18ClN3O3. The van der Waals surface area contributed by atoms with Crippen LogP contribution in [0.3, 0.4) is 0 Å². The lowest BCUT2D eigenvalue weighted by atomic mass is 9.80. The summed E-state index contributed by atoms with van der Waals surface area (Å²) in [4.78, 5) is 26.0. The van der Waals surface area contributed by atoms with E-state index in [1.165, 1.54) is 19.3 Å². The van der Waals surface area contributed by atoms with E-state index in [0.29, 0.717) is 18.4 Å².